The first kappa shape index (κ1) is 15.0. The first-order valence-electron chi connectivity index (χ1n) is 8.00. The quantitative estimate of drug-likeness (QED) is 0.871. The van der Waals surface area contributed by atoms with E-state index < -0.39 is 0 Å². The lowest BCUT2D eigenvalue weighted by Crippen LogP contribution is -2.50. The van der Waals surface area contributed by atoms with Crippen LogP contribution >= 0.6 is 0 Å². The second kappa shape index (κ2) is 6.92. The number of amides is 2. The largest absolute Gasteiger partial charge is 0.381 e. The van der Waals surface area contributed by atoms with Crippen molar-refractivity contribution in [3.05, 3.63) is 35.9 Å². The molecule has 1 N–H and O–H groups in total. The molecular weight excluding hydrogens is 280 g/mol. The molecule has 5 heteroatoms. The topological polar surface area (TPSA) is 58.6 Å². The van der Waals surface area contributed by atoms with Crippen LogP contribution in [0.2, 0.25) is 0 Å². The minimum Gasteiger partial charge on any atom is -0.381 e. The van der Waals surface area contributed by atoms with Crippen LogP contribution in [-0.4, -0.2) is 48.6 Å². The summed E-state index contributed by atoms with van der Waals surface area (Å²) in [5, 5.41) is 3.05. The summed E-state index contributed by atoms with van der Waals surface area (Å²) in [7, 11) is 0. The van der Waals surface area contributed by atoms with Crippen molar-refractivity contribution in [2.24, 2.45) is 0 Å². The van der Waals surface area contributed by atoms with Crippen LogP contribution in [0.4, 0.5) is 4.79 Å². The number of ether oxygens (including phenoxy) is 1. The van der Waals surface area contributed by atoms with Crippen LogP contribution in [0.25, 0.3) is 0 Å². The molecule has 2 heterocycles. The van der Waals surface area contributed by atoms with Crippen molar-refractivity contribution < 1.29 is 14.3 Å². The normalized spacial score (nSPS) is 22.5. The van der Waals surface area contributed by atoms with Gasteiger partial charge in [-0.15, -0.1) is 0 Å². The highest BCUT2D eigenvalue weighted by Gasteiger charge is 2.35. The summed E-state index contributed by atoms with van der Waals surface area (Å²) >= 11 is 0. The Balaban J connectivity index is 1.64. The van der Waals surface area contributed by atoms with Crippen LogP contribution in [0.15, 0.2) is 30.3 Å². The molecule has 0 spiro atoms. The number of benzene rings is 1. The smallest absolute Gasteiger partial charge is 0.318 e. The number of rotatable bonds is 3. The van der Waals surface area contributed by atoms with E-state index in [-0.39, 0.29) is 23.9 Å². The standard InChI is InChI=1S/C17H22N2O3/c20-16(13-5-2-1-3-6-13)15-7-4-10-19(15)17(21)18-14-8-11-22-12-9-14/h1-3,5-6,14-15H,4,7-12H2,(H,18,21). The summed E-state index contributed by atoms with van der Waals surface area (Å²) in [6.07, 6.45) is 3.31. The maximum Gasteiger partial charge on any atom is 0.318 e. The fraction of sp³-hybridized carbons (Fsp3) is 0.529. The Morgan fingerprint density at radius 3 is 2.55 bits per heavy atom. The summed E-state index contributed by atoms with van der Waals surface area (Å²) < 4.78 is 5.30. The van der Waals surface area contributed by atoms with Crippen LogP contribution in [-0.2, 0) is 4.74 Å². The molecule has 1 unspecified atom stereocenters. The summed E-state index contributed by atoms with van der Waals surface area (Å²) in [6, 6.07) is 8.95. The first-order valence-corrected chi connectivity index (χ1v) is 8.00. The SMILES string of the molecule is O=C(c1ccccc1)C1CCCN1C(=O)NC1CCOCC1. The van der Waals surface area contributed by atoms with Crippen LogP contribution < -0.4 is 5.32 Å². The molecule has 5 nitrogen and oxygen atoms in total. The zero-order valence-corrected chi connectivity index (χ0v) is 12.7. The van der Waals surface area contributed by atoms with E-state index in [1.807, 2.05) is 30.3 Å². The molecule has 0 bridgehead atoms. The van der Waals surface area contributed by atoms with Crippen LogP contribution in [0.5, 0.6) is 0 Å². The van der Waals surface area contributed by atoms with Crippen molar-refractivity contribution >= 4 is 11.8 Å². The maximum atomic E-state index is 12.6. The molecule has 0 aromatic heterocycles. The second-order valence-corrected chi connectivity index (χ2v) is 5.92. The van der Waals surface area contributed by atoms with E-state index in [1.54, 1.807) is 4.90 Å². The predicted molar refractivity (Wildman–Crippen MR) is 82.9 cm³/mol. The van der Waals surface area contributed by atoms with Gasteiger partial charge in [-0.05, 0) is 25.7 Å². The number of likely N-dealkylation sites (tertiary alicyclic amines) is 1. The monoisotopic (exact) mass is 302 g/mol. The van der Waals surface area contributed by atoms with E-state index in [0.717, 1.165) is 25.7 Å². The van der Waals surface area contributed by atoms with Crippen LogP contribution in [0.3, 0.4) is 0 Å². The van der Waals surface area contributed by atoms with E-state index in [1.165, 1.54) is 0 Å². The Kier molecular flexibility index (Phi) is 4.73. The molecule has 118 valence electrons. The molecule has 2 fully saturated rings. The molecule has 3 rings (SSSR count). The second-order valence-electron chi connectivity index (χ2n) is 5.92. The molecule has 2 amide bonds. The molecule has 0 saturated carbocycles. The fourth-order valence-electron chi connectivity index (χ4n) is 3.18. The predicted octanol–water partition coefficient (Wildman–Crippen LogP) is 2.22. The van der Waals surface area contributed by atoms with E-state index in [0.29, 0.717) is 25.3 Å². The fourth-order valence-corrected chi connectivity index (χ4v) is 3.18. The van der Waals surface area contributed by atoms with Gasteiger partial charge in [0.05, 0.1) is 6.04 Å². The highest BCUT2D eigenvalue weighted by Crippen LogP contribution is 2.22. The third-order valence-corrected chi connectivity index (χ3v) is 4.42. The van der Waals surface area contributed by atoms with Gasteiger partial charge in [0.2, 0.25) is 0 Å². The molecule has 1 atom stereocenters. The minimum atomic E-state index is -0.331. The summed E-state index contributed by atoms with van der Waals surface area (Å²) in [5.74, 6) is 0.0419. The van der Waals surface area contributed by atoms with E-state index in [9.17, 15) is 9.59 Å². The molecule has 22 heavy (non-hydrogen) atoms. The Hall–Kier alpha value is -1.88. The third-order valence-electron chi connectivity index (χ3n) is 4.42. The lowest BCUT2D eigenvalue weighted by atomic mass is 10.0. The van der Waals surface area contributed by atoms with Crippen molar-refractivity contribution in [1.29, 1.82) is 0 Å². The highest BCUT2D eigenvalue weighted by molar-refractivity contribution is 6.02. The number of Topliss-reactive ketones (excluding diaryl/α,β-unsaturated/α-hetero) is 1. The molecule has 1 aromatic rings. The number of ketones is 1. The zero-order chi connectivity index (χ0) is 15.4. The first-order chi connectivity index (χ1) is 10.8. The number of nitrogens with zero attached hydrogens (tertiary/aromatic N) is 1. The number of carbonyl (C=O) groups excluding carboxylic acids is 2. The zero-order valence-electron chi connectivity index (χ0n) is 12.7. The van der Waals surface area contributed by atoms with Crippen molar-refractivity contribution in [3.8, 4) is 0 Å². The van der Waals surface area contributed by atoms with Crippen molar-refractivity contribution in [2.45, 2.75) is 37.8 Å². The molecular formula is C17H22N2O3. The number of hydrogen-bond donors (Lipinski definition) is 1. The Morgan fingerprint density at radius 1 is 1.09 bits per heavy atom. The van der Waals surface area contributed by atoms with Gasteiger partial charge in [-0.3, -0.25) is 4.79 Å². The molecule has 2 saturated heterocycles. The Labute approximate surface area is 130 Å². The van der Waals surface area contributed by atoms with E-state index in [4.69, 9.17) is 4.74 Å². The van der Waals surface area contributed by atoms with Gasteiger partial charge in [-0.25, -0.2) is 4.79 Å². The van der Waals surface area contributed by atoms with Gasteiger partial charge in [0.1, 0.15) is 0 Å². The van der Waals surface area contributed by atoms with Crippen LogP contribution in [0.1, 0.15) is 36.0 Å². The Morgan fingerprint density at radius 2 is 1.82 bits per heavy atom. The number of hydrogen-bond acceptors (Lipinski definition) is 3. The lowest BCUT2D eigenvalue weighted by Gasteiger charge is -2.29. The molecule has 1 aromatic carbocycles. The van der Waals surface area contributed by atoms with Gasteiger partial charge < -0.3 is 15.0 Å². The molecule has 0 radical (unpaired) electrons. The average Bonchev–Trinajstić information content (AvgIpc) is 3.05. The van der Waals surface area contributed by atoms with Gasteiger partial charge in [-0.2, -0.15) is 0 Å². The van der Waals surface area contributed by atoms with Crippen molar-refractivity contribution in [1.82, 2.24) is 10.2 Å². The maximum absolute atomic E-state index is 12.6. The highest BCUT2D eigenvalue weighted by atomic mass is 16.5. The van der Waals surface area contributed by atoms with Gasteiger partial charge in [-0.1, -0.05) is 30.3 Å². The minimum absolute atomic E-state index is 0.0419. The van der Waals surface area contributed by atoms with Gasteiger partial charge in [0.15, 0.2) is 5.78 Å². The van der Waals surface area contributed by atoms with E-state index in [2.05, 4.69) is 5.32 Å². The lowest BCUT2D eigenvalue weighted by molar-refractivity contribution is 0.0758. The summed E-state index contributed by atoms with van der Waals surface area (Å²) in [5.41, 5.74) is 0.679. The number of carbonyl (C=O) groups is 2. The molecule has 2 aliphatic rings. The molecule has 0 aliphatic carbocycles. The van der Waals surface area contributed by atoms with Gasteiger partial charge >= 0.3 is 6.03 Å². The third kappa shape index (κ3) is 3.30. The van der Waals surface area contributed by atoms with Gasteiger partial charge in [0, 0.05) is 31.4 Å². The van der Waals surface area contributed by atoms with Gasteiger partial charge in [0.25, 0.3) is 0 Å². The summed E-state index contributed by atoms with van der Waals surface area (Å²) in [6.45, 7) is 2.03. The Bertz CT molecular complexity index is 526. The number of nitrogens with one attached hydrogen (secondary N) is 1. The summed E-state index contributed by atoms with van der Waals surface area (Å²) in [4.78, 5) is 26.8. The average molecular weight is 302 g/mol. The van der Waals surface area contributed by atoms with Crippen molar-refractivity contribution in [2.75, 3.05) is 19.8 Å². The van der Waals surface area contributed by atoms with E-state index >= 15 is 0 Å². The van der Waals surface area contributed by atoms with Crippen molar-refractivity contribution in [3.63, 3.8) is 0 Å². The van der Waals surface area contributed by atoms with Crippen LogP contribution in [0, 0.1) is 0 Å². The number of urea groups is 1. The molecule has 2 aliphatic heterocycles.